The van der Waals surface area contributed by atoms with E-state index in [1.54, 1.807) is 0 Å². The van der Waals surface area contributed by atoms with Crippen LogP contribution in [0, 0.1) is 5.92 Å². The first-order valence-electron chi connectivity index (χ1n) is 10.7. The van der Waals surface area contributed by atoms with Crippen molar-refractivity contribution in [3.8, 4) is 5.75 Å². The van der Waals surface area contributed by atoms with E-state index >= 15 is 0 Å². The predicted molar refractivity (Wildman–Crippen MR) is 109 cm³/mol. The Hall–Kier alpha value is -1.59. The van der Waals surface area contributed by atoms with Crippen molar-refractivity contribution in [2.45, 2.75) is 45.6 Å². The van der Waals surface area contributed by atoms with Gasteiger partial charge in [0, 0.05) is 25.2 Å². The summed E-state index contributed by atoms with van der Waals surface area (Å²) < 4.78 is 5.86. The highest BCUT2D eigenvalue weighted by Crippen LogP contribution is 2.20. The summed E-state index contributed by atoms with van der Waals surface area (Å²) in [6.45, 7) is 9.71. The normalized spacial score (nSPS) is 18.8. The fourth-order valence-corrected chi connectivity index (χ4v) is 4.13. The lowest BCUT2D eigenvalue weighted by atomic mass is 9.96. The molecule has 5 heteroatoms. The molecule has 0 unspecified atom stereocenters. The Kier molecular flexibility index (Phi) is 7.96. The lowest BCUT2D eigenvalue weighted by Gasteiger charge is -2.31. The molecule has 0 spiro atoms. The third-order valence-electron chi connectivity index (χ3n) is 5.78. The van der Waals surface area contributed by atoms with Gasteiger partial charge in [-0.1, -0.05) is 25.1 Å². The molecule has 2 saturated heterocycles. The van der Waals surface area contributed by atoms with Crippen LogP contribution in [0.4, 0.5) is 0 Å². The van der Waals surface area contributed by atoms with E-state index in [2.05, 4.69) is 23.2 Å². The Morgan fingerprint density at radius 2 is 1.89 bits per heavy atom. The zero-order valence-electron chi connectivity index (χ0n) is 16.8. The molecule has 27 heavy (non-hydrogen) atoms. The molecule has 0 bridgehead atoms. The average molecular weight is 374 g/mol. The quantitative estimate of drug-likeness (QED) is 0.723. The number of carbonyl (C=O) groups is 1. The van der Waals surface area contributed by atoms with Crippen LogP contribution in [0.1, 0.15) is 44.6 Å². The number of hydrogen-bond donors (Lipinski definition) is 1. The number of nitrogens with zero attached hydrogens (tertiary/aromatic N) is 2. The Bertz CT molecular complexity index is 579. The minimum Gasteiger partial charge on any atom is -0.483 e. The second kappa shape index (κ2) is 10.7. The Balaban J connectivity index is 1.40. The van der Waals surface area contributed by atoms with Crippen LogP contribution < -0.4 is 10.1 Å². The number of nitrogens with one attached hydrogen (secondary N) is 1. The summed E-state index contributed by atoms with van der Waals surface area (Å²) in [5, 5.41) is 3.61. The number of piperidine rings is 1. The van der Waals surface area contributed by atoms with Gasteiger partial charge in [0.05, 0.1) is 0 Å². The molecule has 0 atom stereocenters. The maximum absolute atomic E-state index is 12.2. The van der Waals surface area contributed by atoms with Gasteiger partial charge in [-0.2, -0.15) is 0 Å². The molecule has 0 aliphatic carbocycles. The van der Waals surface area contributed by atoms with Crippen LogP contribution in [0.2, 0.25) is 0 Å². The fraction of sp³-hybridized carbons (Fsp3) is 0.682. The smallest absolute Gasteiger partial charge is 0.260 e. The van der Waals surface area contributed by atoms with Gasteiger partial charge in [0.25, 0.3) is 5.91 Å². The molecule has 0 aromatic heterocycles. The Labute approximate surface area is 164 Å². The van der Waals surface area contributed by atoms with E-state index in [0.717, 1.165) is 56.3 Å². The van der Waals surface area contributed by atoms with Gasteiger partial charge in [0.1, 0.15) is 5.75 Å². The van der Waals surface area contributed by atoms with Crippen molar-refractivity contribution in [1.82, 2.24) is 15.1 Å². The van der Waals surface area contributed by atoms with E-state index in [1.807, 2.05) is 23.1 Å². The Morgan fingerprint density at radius 1 is 1.15 bits per heavy atom. The van der Waals surface area contributed by atoms with Gasteiger partial charge in [-0.15, -0.1) is 0 Å². The van der Waals surface area contributed by atoms with Crippen LogP contribution in [-0.4, -0.2) is 61.6 Å². The van der Waals surface area contributed by atoms with Crippen molar-refractivity contribution in [3.63, 3.8) is 0 Å². The molecule has 5 nitrogen and oxygen atoms in total. The van der Waals surface area contributed by atoms with Crippen molar-refractivity contribution in [1.29, 1.82) is 0 Å². The molecule has 150 valence electrons. The SMILES string of the molecule is CCCN1CCC(CNCc2ccccc2OCC(=O)N2CCCC2)CC1. The van der Waals surface area contributed by atoms with Gasteiger partial charge in [-0.3, -0.25) is 4.79 Å². The molecule has 1 aromatic carbocycles. The molecular formula is C22H35N3O2. The molecule has 2 heterocycles. The molecule has 2 fully saturated rings. The summed E-state index contributed by atoms with van der Waals surface area (Å²) in [6.07, 6.45) is 6.05. The number of amides is 1. The van der Waals surface area contributed by atoms with Gasteiger partial charge in [0.15, 0.2) is 6.61 Å². The number of hydrogen-bond acceptors (Lipinski definition) is 4. The zero-order valence-corrected chi connectivity index (χ0v) is 16.8. The van der Waals surface area contributed by atoms with E-state index in [1.165, 1.54) is 38.9 Å². The van der Waals surface area contributed by atoms with Gasteiger partial charge in [-0.05, 0) is 70.3 Å². The minimum absolute atomic E-state index is 0.106. The molecule has 0 saturated carbocycles. The second-order valence-electron chi connectivity index (χ2n) is 7.90. The standard InChI is InChI=1S/C22H35N3O2/c1-2-11-24-14-9-19(10-15-24)16-23-17-20-7-3-4-8-21(20)27-18-22(26)25-12-5-6-13-25/h3-4,7-8,19,23H,2,5-6,9-18H2,1H3. The molecule has 1 aromatic rings. The average Bonchev–Trinajstić information content (AvgIpc) is 3.23. The van der Waals surface area contributed by atoms with Crippen LogP contribution in [0.3, 0.4) is 0 Å². The summed E-state index contributed by atoms with van der Waals surface area (Å²) in [4.78, 5) is 16.7. The summed E-state index contributed by atoms with van der Waals surface area (Å²) in [7, 11) is 0. The first-order chi connectivity index (χ1) is 13.3. The molecule has 3 rings (SSSR count). The van der Waals surface area contributed by atoms with E-state index in [4.69, 9.17) is 4.74 Å². The van der Waals surface area contributed by atoms with E-state index < -0.39 is 0 Å². The lowest BCUT2D eigenvalue weighted by Crippen LogP contribution is -2.37. The largest absolute Gasteiger partial charge is 0.483 e. The third-order valence-corrected chi connectivity index (χ3v) is 5.78. The molecule has 2 aliphatic rings. The number of rotatable bonds is 9. The lowest BCUT2D eigenvalue weighted by molar-refractivity contribution is -0.132. The Morgan fingerprint density at radius 3 is 2.63 bits per heavy atom. The number of carbonyl (C=O) groups excluding carboxylic acids is 1. The first-order valence-corrected chi connectivity index (χ1v) is 10.7. The highest BCUT2D eigenvalue weighted by atomic mass is 16.5. The second-order valence-corrected chi connectivity index (χ2v) is 7.90. The summed E-state index contributed by atoms with van der Waals surface area (Å²) in [5.41, 5.74) is 1.13. The maximum Gasteiger partial charge on any atom is 0.260 e. The van der Waals surface area contributed by atoms with Gasteiger partial charge in [-0.25, -0.2) is 0 Å². The summed E-state index contributed by atoms with van der Waals surface area (Å²) in [5.74, 6) is 1.70. The maximum atomic E-state index is 12.2. The van der Waals surface area contributed by atoms with Crippen LogP contribution in [0.15, 0.2) is 24.3 Å². The molecule has 1 N–H and O–H groups in total. The minimum atomic E-state index is 0.106. The fourth-order valence-electron chi connectivity index (χ4n) is 4.13. The van der Waals surface area contributed by atoms with Crippen LogP contribution in [0.25, 0.3) is 0 Å². The molecular weight excluding hydrogens is 338 g/mol. The van der Waals surface area contributed by atoms with Gasteiger partial charge < -0.3 is 19.9 Å². The number of para-hydroxylation sites is 1. The molecule has 2 aliphatic heterocycles. The van der Waals surface area contributed by atoms with Crippen LogP contribution in [0.5, 0.6) is 5.75 Å². The first kappa shape index (κ1) is 20.2. The van der Waals surface area contributed by atoms with Gasteiger partial charge in [0.2, 0.25) is 0 Å². The summed E-state index contributed by atoms with van der Waals surface area (Å²) in [6, 6.07) is 8.07. The van der Waals surface area contributed by atoms with Crippen molar-refractivity contribution < 1.29 is 9.53 Å². The number of likely N-dealkylation sites (tertiary alicyclic amines) is 2. The number of benzene rings is 1. The highest BCUT2D eigenvalue weighted by molar-refractivity contribution is 5.78. The van der Waals surface area contributed by atoms with Crippen LogP contribution >= 0.6 is 0 Å². The molecule has 0 radical (unpaired) electrons. The highest BCUT2D eigenvalue weighted by Gasteiger charge is 2.19. The third kappa shape index (κ3) is 6.22. The van der Waals surface area contributed by atoms with E-state index in [0.29, 0.717) is 0 Å². The molecule has 1 amide bonds. The number of ether oxygens (including phenoxy) is 1. The van der Waals surface area contributed by atoms with Crippen molar-refractivity contribution in [3.05, 3.63) is 29.8 Å². The summed E-state index contributed by atoms with van der Waals surface area (Å²) >= 11 is 0. The van der Waals surface area contributed by atoms with Gasteiger partial charge >= 0.3 is 0 Å². The zero-order chi connectivity index (χ0) is 18.9. The van der Waals surface area contributed by atoms with Crippen molar-refractivity contribution in [2.75, 3.05) is 45.9 Å². The van der Waals surface area contributed by atoms with Crippen LogP contribution in [-0.2, 0) is 11.3 Å². The topological polar surface area (TPSA) is 44.8 Å². The van der Waals surface area contributed by atoms with E-state index in [9.17, 15) is 4.79 Å². The predicted octanol–water partition coefficient (Wildman–Crippen LogP) is 2.90. The monoisotopic (exact) mass is 373 g/mol. The van der Waals surface area contributed by atoms with Crippen molar-refractivity contribution in [2.24, 2.45) is 5.92 Å². The van der Waals surface area contributed by atoms with E-state index in [-0.39, 0.29) is 12.5 Å². The van der Waals surface area contributed by atoms with Crippen molar-refractivity contribution >= 4 is 5.91 Å².